The molecule has 0 saturated heterocycles. The molecule has 0 aromatic carbocycles. The zero-order valence-corrected chi connectivity index (χ0v) is 13.7. The number of amides is 1. The first kappa shape index (κ1) is 17.5. The molecule has 0 aliphatic heterocycles. The van der Waals surface area contributed by atoms with Gasteiger partial charge < -0.3 is 5.32 Å². The van der Waals surface area contributed by atoms with Crippen LogP contribution in [-0.2, 0) is 14.6 Å². The Morgan fingerprint density at radius 1 is 1.25 bits per heavy atom. The quantitative estimate of drug-likeness (QED) is 0.749. The Labute approximate surface area is 123 Å². The minimum absolute atomic E-state index is 0.0288. The highest BCUT2D eigenvalue weighted by Gasteiger charge is 2.23. The van der Waals surface area contributed by atoms with Crippen molar-refractivity contribution in [2.24, 2.45) is 11.8 Å². The van der Waals surface area contributed by atoms with Gasteiger partial charge in [0.15, 0.2) is 0 Å². The third kappa shape index (κ3) is 7.27. The van der Waals surface area contributed by atoms with E-state index in [0.717, 1.165) is 19.3 Å². The maximum absolute atomic E-state index is 12.2. The van der Waals surface area contributed by atoms with Crippen LogP contribution in [0.25, 0.3) is 0 Å². The number of hydrogen-bond acceptors (Lipinski definition) is 3. The molecular weight excluding hydrogens is 274 g/mol. The summed E-state index contributed by atoms with van der Waals surface area (Å²) in [6.07, 6.45) is 10.5. The first-order chi connectivity index (χ1) is 9.42. The Hall–Kier alpha value is -0.580. The third-order valence-corrected chi connectivity index (χ3v) is 5.07. The maximum atomic E-state index is 12.2. The minimum atomic E-state index is -3.00. The fourth-order valence-electron chi connectivity index (χ4n) is 3.03. The lowest BCUT2D eigenvalue weighted by Crippen LogP contribution is -2.35. The number of nitrogens with one attached hydrogen (secondary N) is 1. The molecule has 4 nitrogen and oxygen atoms in total. The second kappa shape index (κ2) is 8.65. The van der Waals surface area contributed by atoms with Crippen LogP contribution in [0.4, 0.5) is 0 Å². The first-order valence-corrected chi connectivity index (χ1v) is 9.94. The number of carbonyl (C=O) groups excluding carboxylic acids is 1. The van der Waals surface area contributed by atoms with Crippen molar-refractivity contribution in [3.05, 3.63) is 0 Å². The lowest BCUT2D eigenvalue weighted by Gasteiger charge is -2.26. The Morgan fingerprint density at radius 2 is 1.90 bits per heavy atom. The smallest absolute Gasteiger partial charge is 0.223 e. The van der Waals surface area contributed by atoms with E-state index in [1.54, 1.807) is 0 Å². The lowest BCUT2D eigenvalue weighted by atomic mass is 9.81. The van der Waals surface area contributed by atoms with Crippen LogP contribution >= 0.6 is 0 Å². The molecule has 1 atom stereocenters. The topological polar surface area (TPSA) is 63.2 Å². The molecule has 0 aromatic heterocycles. The van der Waals surface area contributed by atoms with E-state index in [1.807, 2.05) is 0 Å². The van der Waals surface area contributed by atoms with E-state index in [4.69, 9.17) is 0 Å². The average Bonchev–Trinajstić information content (AvgIpc) is 2.38. The van der Waals surface area contributed by atoms with E-state index < -0.39 is 9.84 Å². The van der Waals surface area contributed by atoms with Crippen molar-refractivity contribution < 1.29 is 13.2 Å². The van der Waals surface area contributed by atoms with E-state index in [1.165, 1.54) is 38.4 Å². The Morgan fingerprint density at radius 3 is 2.45 bits per heavy atom. The minimum Gasteiger partial charge on any atom is -0.355 e. The van der Waals surface area contributed by atoms with Crippen molar-refractivity contribution in [3.8, 4) is 0 Å². The molecule has 1 aliphatic rings. The van der Waals surface area contributed by atoms with Gasteiger partial charge in [0.2, 0.25) is 5.91 Å². The zero-order valence-electron chi connectivity index (χ0n) is 12.9. The van der Waals surface area contributed by atoms with Gasteiger partial charge in [-0.05, 0) is 18.8 Å². The monoisotopic (exact) mass is 303 g/mol. The molecular formula is C15H29NO3S. The molecule has 0 radical (unpaired) electrons. The Balaban J connectivity index is 2.40. The summed E-state index contributed by atoms with van der Waals surface area (Å²) < 4.78 is 22.1. The van der Waals surface area contributed by atoms with E-state index in [2.05, 4.69) is 12.2 Å². The average molecular weight is 303 g/mol. The Bertz CT molecular complexity index is 386. The van der Waals surface area contributed by atoms with Crippen LogP contribution in [0.15, 0.2) is 0 Å². The highest BCUT2D eigenvalue weighted by atomic mass is 32.2. The molecule has 1 fully saturated rings. The molecule has 0 heterocycles. The zero-order chi connectivity index (χ0) is 15.0. The van der Waals surface area contributed by atoms with Crippen molar-refractivity contribution in [2.75, 3.05) is 18.6 Å². The van der Waals surface area contributed by atoms with Crippen LogP contribution < -0.4 is 5.32 Å². The molecule has 5 heteroatoms. The van der Waals surface area contributed by atoms with Gasteiger partial charge in [-0.1, -0.05) is 45.4 Å². The standard InChI is InChI=1S/C15H29NO3S/c1-3-7-14(12-13-8-5-4-6-9-13)15(17)16-10-11-20(2,18)19/h13-14H,3-12H2,1-2H3,(H,16,17)/t14-/m1/s1. The number of carbonyl (C=O) groups is 1. The van der Waals surface area contributed by atoms with E-state index in [-0.39, 0.29) is 24.1 Å². The fourth-order valence-corrected chi connectivity index (χ4v) is 3.51. The van der Waals surface area contributed by atoms with Gasteiger partial charge in [-0.3, -0.25) is 4.79 Å². The maximum Gasteiger partial charge on any atom is 0.223 e. The summed E-state index contributed by atoms with van der Waals surface area (Å²) in [4.78, 5) is 12.2. The summed E-state index contributed by atoms with van der Waals surface area (Å²) in [5.41, 5.74) is 0. The van der Waals surface area contributed by atoms with Crippen LogP contribution in [0.2, 0.25) is 0 Å². The van der Waals surface area contributed by atoms with Gasteiger partial charge >= 0.3 is 0 Å². The fraction of sp³-hybridized carbons (Fsp3) is 0.933. The first-order valence-electron chi connectivity index (χ1n) is 7.87. The highest BCUT2D eigenvalue weighted by Crippen LogP contribution is 2.30. The molecule has 0 spiro atoms. The molecule has 1 rings (SSSR count). The Kier molecular flexibility index (Phi) is 7.56. The largest absolute Gasteiger partial charge is 0.355 e. The van der Waals surface area contributed by atoms with Gasteiger partial charge in [0.25, 0.3) is 0 Å². The number of hydrogen-bond donors (Lipinski definition) is 1. The summed E-state index contributed by atoms with van der Waals surface area (Å²) in [5.74, 6) is 0.811. The van der Waals surface area contributed by atoms with Crippen LogP contribution in [0, 0.1) is 11.8 Å². The molecule has 0 unspecified atom stereocenters. The summed E-state index contributed by atoms with van der Waals surface area (Å²) >= 11 is 0. The van der Waals surface area contributed by atoms with Crippen LogP contribution in [0.3, 0.4) is 0 Å². The lowest BCUT2D eigenvalue weighted by molar-refractivity contribution is -0.125. The molecule has 0 bridgehead atoms. The van der Waals surface area contributed by atoms with Crippen molar-refractivity contribution in [1.29, 1.82) is 0 Å². The van der Waals surface area contributed by atoms with Gasteiger partial charge in [0, 0.05) is 18.7 Å². The highest BCUT2D eigenvalue weighted by molar-refractivity contribution is 7.90. The van der Waals surface area contributed by atoms with Crippen molar-refractivity contribution in [1.82, 2.24) is 5.32 Å². The van der Waals surface area contributed by atoms with Crippen molar-refractivity contribution in [3.63, 3.8) is 0 Å². The predicted octanol–water partition coefficient (Wildman–Crippen LogP) is 2.53. The van der Waals surface area contributed by atoms with E-state index >= 15 is 0 Å². The predicted molar refractivity (Wildman–Crippen MR) is 82.3 cm³/mol. The SMILES string of the molecule is CCC[C@H](CC1CCCCC1)C(=O)NCCS(C)(=O)=O. The molecule has 0 aromatic rings. The molecule has 118 valence electrons. The summed E-state index contributed by atoms with van der Waals surface area (Å²) in [6, 6.07) is 0. The summed E-state index contributed by atoms with van der Waals surface area (Å²) in [5, 5.41) is 2.80. The molecule has 20 heavy (non-hydrogen) atoms. The molecule has 1 amide bonds. The van der Waals surface area contributed by atoms with Gasteiger partial charge in [-0.15, -0.1) is 0 Å². The van der Waals surface area contributed by atoms with Crippen LogP contribution in [0.1, 0.15) is 58.3 Å². The molecule has 1 N–H and O–H groups in total. The second-order valence-corrected chi connectivity index (χ2v) is 8.41. The summed E-state index contributed by atoms with van der Waals surface area (Å²) in [7, 11) is -3.00. The van der Waals surface area contributed by atoms with E-state index in [0.29, 0.717) is 5.92 Å². The normalized spacial score (nSPS) is 18.7. The van der Waals surface area contributed by atoms with Gasteiger partial charge in [0.05, 0.1) is 5.75 Å². The van der Waals surface area contributed by atoms with Crippen molar-refractivity contribution in [2.45, 2.75) is 58.3 Å². The van der Waals surface area contributed by atoms with Gasteiger partial charge in [0.1, 0.15) is 9.84 Å². The summed E-state index contributed by atoms with van der Waals surface area (Å²) in [6.45, 7) is 2.33. The third-order valence-electron chi connectivity index (χ3n) is 4.12. The number of sulfone groups is 1. The second-order valence-electron chi connectivity index (χ2n) is 6.15. The number of rotatable bonds is 8. The van der Waals surface area contributed by atoms with E-state index in [9.17, 15) is 13.2 Å². The van der Waals surface area contributed by atoms with Gasteiger partial charge in [-0.25, -0.2) is 8.42 Å². The molecule has 1 saturated carbocycles. The van der Waals surface area contributed by atoms with Crippen LogP contribution in [0.5, 0.6) is 0 Å². The van der Waals surface area contributed by atoms with Crippen molar-refractivity contribution >= 4 is 15.7 Å². The van der Waals surface area contributed by atoms with Crippen LogP contribution in [-0.4, -0.2) is 32.9 Å². The van der Waals surface area contributed by atoms with Gasteiger partial charge in [-0.2, -0.15) is 0 Å². The molecule has 1 aliphatic carbocycles.